The maximum Gasteiger partial charge on any atom is 0.303 e. The van der Waals surface area contributed by atoms with Gasteiger partial charge in [0.15, 0.2) is 0 Å². The number of aliphatic carboxylic acids is 1. The molecule has 0 radical (unpaired) electrons. The fourth-order valence-electron chi connectivity index (χ4n) is 2.14. The van der Waals surface area contributed by atoms with Crippen molar-refractivity contribution in [2.24, 2.45) is 0 Å². The average molecular weight is 278 g/mol. The maximum atomic E-state index is 10.3. The van der Waals surface area contributed by atoms with E-state index in [1.165, 1.54) is 51.4 Å². The molecule has 0 atom stereocenters. The number of carbonyl (C=O) groups is 1. The molecule has 0 rings (SSSR count). The predicted molar refractivity (Wildman–Crippen MR) is 85.6 cm³/mol. The van der Waals surface area contributed by atoms with Crippen molar-refractivity contribution in [1.82, 2.24) is 0 Å². The van der Waals surface area contributed by atoms with Gasteiger partial charge in [-0.3, -0.25) is 4.79 Å². The van der Waals surface area contributed by atoms with Crippen LogP contribution in [0.15, 0.2) is 12.7 Å². The minimum absolute atomic E-state index is 0.329. The highest BCUT2D eigenvalue weighted by Crippen LogP contribution is 2.11. The Hall–Kier alpha value is -1.23. The zero-order valence-corrected chi connectivity index (χ0v) is 12.8. The van der Waals surface area contributed by atoms with Gasteiger partial charge in [-0.1, -0.05) is 63.4 Å². The van der Waals surface area contributed by atoms with Gasteiger partial charge in [-0.25, -0.2) is 0 Å². The van der Waals surface area contributed by atoms with Crippen molar-refractivity contribution in [2.45, 2.75) is 83.5 Å². The van der Waals surface area contributed by atoms with Crippen LogP contribution in [-0.2, 0) is 4.79 Å². The minimum atomic E-state index is -0.667. The summed E-state index contributed by atoms with van der Waals surface area (Å²) < 4.78 is 0. The van der Waals surface area contributed by atoms with Crippen molar-refractivity contribution < 1.29 is 9.90 Å². The number of unbranched alkanes of at least 4 members (excludes halogenated alkanes) is 10. The number of carboxylic acids is 1. The van der Waals surface area contributed by atoms with Crippen molar-refractivity contribution in [2.75, 3.05) is 0 Å². The Morgan fingerprint density at radius 2 is 1.35 bits per heavy atom. The molecule has 0 aliphatic carbocycles. The first-order valence-electron chi connectivity index (χ1n) is 8.05. The Kier molecular flexibility index (Phi) is 14.9. The maximum absolute atomic E-state index is 10.3. The van der Waals surface area contributed by atoms with Crippen LogP contribution in [0.5, 0.6) is 0 Å². The Labute approximate surface area is 124 Å². The van der Waals surface area contributed by atoms with E-state index in [9.17, 15) is 4.79 Å². The summed E-state index contributed by atoms with van der Waals surface area (Å²) in [6.07, 6.45) is 16.1. The van der Waals surface area contributed by atoms with Crippen LogP contribution in [0, 0.1) is 11.8 Å². The summed E-state index contributed by atoms with van der Waals surface area (Å²) in [6, 6.07) is 0. The molecular formula is C18H30O2. The van der Waals surface area contributed by atoms with Crippen molar-refractivity contribution >= 4 is 5.97 Å². The molecule has 0 aliphatic rings. The quantitative estimate of drug-likeness (QED) is 0.281. The van der Waals surface area contributed by atoms with Crippen LogP contribution in [0.3, 0.4) is 0 Å². The molecule has 2 nitrogen and oxygen atoms in total. The first kappa shape index (κ1) is 18.8. The molecule has 0 spiro atoms. The molecular weight excluding hydrogens is 248 g/mol. The smallest absolute Gasteiger partial charge is 0.303 e. The molecule has 0 aromatic carbocycles. The lowest BCUT2D eigenvalue weighted by Crippen LogP contribution is -1.93. The van der Waals surface area contributed by atoms with Gasteiger partial charge in [0, 0.05) is 19.3 Å². The molecule has 0 saturated carbocycles. The van der Waals surface area contributed by atoms with E-state index in [0.717, 1.165) is 25.7 Å². The van der Waals surface area contributed by atoms with E-state index >= 15 is 0 Å². The summed E-state index contributed by atoms with van der Waals surface area (Å²) in [5, 5.41) is 8.50. The summed E-state index contributed by atoms with van der Waals surface area (Å²) in [5.74, 6) is 5.57. The number of allylic oxidation sites excluding steroid dienone is 1. The predicted octanol–water partition coefficient (Wildman–Crippen LogP) is 5.33. The largest absolute Gasteiger partial charge is 0.481 e. The summed E-state index contributed by atoms with van der Waals surface area (Å²) in [7, 11) is 0. The Morgan fingerprint density at radius 1 is 0.850 bits per heavy atom. The van der Waals surface area contributed by atoms with E-state index in [2.05, 4.69) is 18.4 Å². The van der Waals surface area contributed by atoms with E-state index in [0.29, 0.717) is 6.42 Å². The molecule has 0 fully saturated rings. The number of carboxylic acid groups (broad SMARTS) is 1. The highest BCUT2D eigenvalue weighted by Gasteiger charge is 1.96. The van der Waals surface area contributed by atoms with Gasteiger partial charge in [0.1, 0.15) is 0 Å². The summed E-state index contributed by atoms with van der Waals surface area (Å²) in [4.78, 5) is 10.3. The normalized spacial score (nSPS) is 9.80. The third-order valence-corrected chi connectivity index (χ3v) is 3.31. The number of rotatable bonds is 13. The van der Waals surface area contributed by atoms with Crippen LogP contribution in [-0.4, -0.2) is 11.1 Å². The van der Waals surface area contributed by atoms with Crippen molar-refractivity contribution in [3.05, 3.63) is 12.7 Å². The molecule has 20 heavy (non-hydrogen) atoms. The van der Waals surface area contributed by atoms with Crippen LogP contribution in [0.4, 0.5) is 0 Å². The van der Waals surface area contributed by atoms with E-state index in [-0.39, 0.29) is 0 Å². The summed E-state index contributed by atoms with van der Waals surface area (Å²) in [6.45, 7) is 3.64. The van der Waals surface area contributed by atoms with Gasteiger partial charge in [-0.15, -0.1) is 12.5 Å². The lowest BCUT2D eigenvalue weighted by atomic mass is 10.1. The third kappa shape index (κ3) is 16.8. The standard InChI is InChI=1S/C18H30O2/c1-2-3-4-5-6-7-8-9-10-11-12-13-14-15-16-17-18(19)20/h2H,1,3,6-17H2,(H,19,20). The molecule has 0 heterocycles. The van der Waals surface area contributed by atoms with Crippen molar-refractivity contribution in [1.29, 1.82) is 0 Å². The Morgan fingerprint density at radius 3 is 1.85 bits per heavy atom. The topological polar surface area (TPSA) is 37.3 Å². The van der Waals surface area contributed by atoms with Crippen molar-refractivity contribution in [3.63, 3.8) is 0 Å². The molecule has 0 aromatic heterocycles. The second-order valence-electron chi connectivity index (χ2n) is 5.28. The number of hydrogen-bond acceptors (Lipinski definition) is 1. The van der Waals surface area contributed by atoms with Crippen LogP contribution in [0.25, 0.3) is 0 Å². The Balaban J connectivity index is 3.05. The van der Waals surface area contributed by atoms with Gasteiger partial charge in [-0.2, -0.15) is 0 Å². The third-order valence-electron chi connectivity index (χ3n) is 3.31. The van der Waals surface area contributed by atoms with E-state index in [4.69, 9.17) is 5.11 Å². The summed E-state index contributed by atoms with van der Waals surface area (Å²) in [5.41, 5.74) is 0. The molecule has 0 amide bonds. The molecule has 0 aliphatic heterocycles. The molecule has 0 unspecified atom stereocenters. The summed E-state index contributed by atoms with van der Waals surface area (Å²) >= 11 is 0. The number of hydrogen-bond donors (Lipinski definition) is 1. The van der Waals surface area contributed by atoms with Gasteiger partial charge in [0.2, 0.25) is 0 Å². The molecule has 0 aromatic rings. The molecule has 0 bridgehead atoms. The fraction of sp³-hybridized carbons (Fsp3) is 0.722. The van der Waals surface area contributed by atoms with Crippen molar-refractivity contribution in [3.8, 4) is 11.8 Å². The molecule has 114 valence electrons. The molecule has 0 saturated heterocycles. The lowest BCUT2D eigenvalue weighted by molar-refractivity contribution is -0.137. The minimum Gasteiger partial charge on any atom is -0.481 e. The first-order chi connectivity index (χ1) is 9.77. The monoisotopic (exact) mass is 278 g/mol. The van der Waals surface area contributed by atoms with Gasteiger partial charge in [0.05, 0.1) is 0 Å². The Bertz CT molecular complexity index is 296. The van der Waals surface area contributed by atoms with E-state index in [1.54, 1.807) is 0 Å². The van der Waals surface area contributed by atoms with Gasteiger partial charge in [-0.05, 0) is 12.8 Å². The fourth-order valence-corrected chi connectivity index (χ4v) is 2.14. The van der Waals surface area contributed by atoms with Gasteiger partial charge < -0.3 is 5.11 Å². The first-order valence-corrected chi connectivity index (χ1v) is 8.05. The molecule has 1 N–H and O–H groups in total. The second-order valence-corrected chi connectivity index (χ2v) is 5.28. The van der Waals surface area contributed by atoms with Gasteiger partial charge in [0.25, 0.3) is 0 Å². The second kappa shape index (κ2) is 15.8. The zero-order valence-electron chi connectivity index (χ0n) is 12.8. The molecule has 2 heteroatoms. The highest BCUT2D eigenvalue weighted by atomic mass is 16.4. The highest BCUT2D eigenvalue weighted by molar-refractivity contribution is 5.66. The van der Waals surface area contributed by atoms with Crippen LogP contribution < -0.4 is 0 Å². The zero-order chi connectivity index (χ0) is 14.9. The lowest BCUT2D eigenvalue weighted by Gasteiger charge is -2.01. The SMILES string of the molecule is C=CCC#CCCCCCCCCCCCCC(=O)O. The van der Waals surface area contributed by atoms with Crippen LogP contribution in [0.1, 0.15) is 83.5 Å². The van der Waals surface area contributed by atoms with Gasteiger partial charge >= 0.3 is 5.97 Å². The van der Waals surface area contributed by atoms with E-state index in [1.807, 2.05) is 6.08 Å². The van der Waals surface area contributed by atoms with Crippen LogP contribution >= 0.6 is 0 Å². The average Bonchev–Trinajstić information content (AvgIpc) is 2.43. The van der Waals surface area contributed by atoms with E-state index < -0.39 is 5.97 Å². The van der Waals surface area contributed by atoms with Crippen LogP contribution in [0.2, 0.25) is 0 Å².